The molecule has 1 aliphatic rings. The maximum absolute atomic E-state index is 13.6. The fraction of sp³-hybridized carbons (Fsp3) is 0.316. The van der Waals surface area contributed by atoms with Gasteiger partial charge in [0.25, 0.3) is 0 Å². The zero-order valence-electron chi connectivity index (χ0n) is 15.8. The first kappa shape index (κ1) is 22.9. The maximum atomic E-state index is 13.6. The molecule has 29 heavy (non-hydrogen) atoms. The number of aliphatic imine (C=N–C) groups is 1. The third kappa shape index (κ3) is 6.05. The van der Waals surface area contributed by atoms with Gasteiger partial charge in [0.1, 0.15) is 11.6 Å². The van der Waals surface area contributed by atoms with Crippen molar-refractivity contribution < 1.29 is 27.4 Å². The molecular formula is C19H21F3IN3O3. The predicted octanol–water partition coefficient (Wildman–Crippen LogP) is 3.95. The number of guanidine groups is 1. The summed E-state index contributed by atoms with van der Waals surface area (Å²) < 4.78 is 54.1. The van der Waals surface area contributed by atoms with Crippen LogP contribution in [0.25, 0.3) is 0 Å². The zero-order valence-corrected chi connectivity index (χ0v) is 18.1. The summed E-state index contributed by atoms with van der Waals surface area (Å²) in [4.78, 5) is 4.08. The summed E-state index contributed by atoms with van der Waals surface area (Å²) in [5, 5.41) is 6.05. The SMILES string of the molecule is CN=C(NCc1ccc(C)c(F)c1)NCc1cc2c(cc1OC(F)F)OCO2.I. The van der Waals surface area contributed by atoms with Crippen molar-refractivity contribution in [3.63, 3.8) is 0 Å². The van der Waals surface area contributed by atoms with Crippen LogP contribution < -0.4 is 24.8 Å². The second-order valence-electron chi connectivity index (χ2n) is 6.05. The number of fused-ring (bicyclic) bond motifs is 1. The predicted molar refractivity (Wildman–Crippen MR) is 113 cm³/mol. The van der Waals surface area contributed by atoms with Gasteiger partial charge < -0.3 is 24.8 Å². The molecule has 3 rings (SSSR count). The molecule has 0 bridgehead atoms. The average molecular weight is 523 g/mol. The molecule has 1 aliphatic heterocycles. The lowest BCUT2D eigenvalue weighted by molar-refractivity contribution is -0.0505. The Morgan fingerprint density at radius 3 is 2.48 bits per heavy atom. The van der Waals surface area contributed by atoms with Crippen LogP contribution in [0.2, 0.25) is 0 Å². The second-order valence-corrected chi connectivity index (χ2v) is 6.05. The van der Waals surface area contributed by atoms with Crippen LogP contribution in [0.5, 0.6) is 17.2 Å². The van der Waals surface area contributed by atoms with Crippen LogP contribution in [-0.4, -0.2) is 26.4 Å². The van der Waals surface area contributed by atoms with Gasteiger partial charge >= 0.3 is 6.61 Å². The Hall–Kier alpha value is -2.37. The third-order valence-electron chi connectivity index (χ3n) is 4.14. The van der Waals surface area contributed by atoms with Gasteiger partial charge in [-0.3, -0.25) is 4.99 Å². The third-order valence-corrected chi connectivity index (χ3v) is 4.14. The van der Waals surface area contributed by atoms with Gasteiger partial charge in [0, 0.05) is 31.8 Å². The molecule has 10 heteroatoms. The van der Waals surface area contributed by atoms with Crippen molar-refractivity contribution in [1.29, 1.82) is 0 Å². The minimum Gasteiger partial charge on any atom is -0.454 e. The Morgan fingerprint density at radius 2 is 1.83 bits per heavy atom. The Bertz CT molecular complexity index is 881. The first-order valence-electron chi connectivity index (χ1n) is 8.53. The van der Waals surface area contributed by atoms with E-state index in [9.17, 15) is 13.2 Å². The summed E-state index contributed by atoms with van der Waals surface area (Å²) in [7, 11) is 1.57. The van der Waals surface area contributed by atoms with Crippen LogP contribution in [0.1, 0.15) is 16.7 Å². The number of ether oxygens (including phenoxy) is 3. The molecule has 0 fully saturated rings. The number of nitrogens with zero attached hydrogens (tertiary/aromatic N) is 1. The van der Waals surface area contributed by atoms with Crippen LogP contribution in [0, 0.1) is 12.7 Å². The van der Waals surface area contributed by atoms with E-state index in [1.807, 2.05) is 6.07 Å². The van der Waals surface area contributed by atoms with E-state index in [0.29, 0.717) is 35.1 Å². The molecule has 2 aromatic carbocycles. The molecule has 158 valence electrons. The first-order valence-corrected chi connectivity index (χ1v) is 8.53. The normalized spacial score (nSPS) is 12.6. The molecule has 0 aromatic heterocycles. The monoisotopic (exact) mass is 523 g/mol. The summed E-state index contributed by atoms with van der Waals surface area (Å²) in [6.07, 6.45) is 0. The summed E-state index contributed by atoms with van der Waals surface area (Å²) in [5.74, 6) is 0.931. The summed E-state index contributed by atoms with van der Waals surface area (Å²) >= 11 is 0. The molecule has 0 unspecified atom stereocenters. The summed E-state index contributed by atoms with van der Waals surface area (Å²) in [5.41, 5.74) is 1.77. The highest BCUT2D eigenvalue weighted by molar-refractivity contribution is 14.0. The Labute approximate surface area is 183 Å². The molecule has 0 aliphatic carbocycles. The lowest BCUT2D eigenvalue weighted by Crippen LogP contribution is -2.36. The number of halogens is 4. The molecule has 0 atom stereocenters. The Morgan fingerprint density at radius 1 is 1.14 bits per heavy atom. The van der Waals surface area contributed by atoms with Gasteiger partial charge in [0.15, 0.2) is 17.5 Å². The molecule has 1 heterocycles. The minimum atomic E-state index is -2.96. The van der Waals surface area contributed by atoms with E-state index < -0.39 is 6.61 Å². The number of aryl methyl sites for hydroxylation is 1. The van der Waals surface area contributed by atoms with Crippen molar-refractivity contribution in [3.8, 4) is 17.2 Å². The Balaban J connectivity index is 0.00000300. The van der Waals surface area contributed by atoms with Gasteiger partial charge in [-0.15, -0.1) is 24.0 Å². The molecule has 2 aromatic rings. The van der Waals surface area contributed by atoms with E-state index in [4.69, 9.17) is 9.47 Å². The zero-order chi connectivity index (χ0) is 20.1. The molecule has 0 saturated carbocycles. The Kier molecular flexibility index (Phi) is 8.23. The van der Waals surface area contributed by atoms with E-state index in [-0.39, 0.29) is 48.9 Å². The first-order chi connectivity index (χ1) is 13.5. The highest BCUT2D eigenvalue weighted by Gasteiger charge is 2.20. The molecule has 2 N–H and O–H groups in total. The highest BCUT2D eigenvalue weighted by Crippen LogP contribution is 2.38. The van der Waals surface area contributed by atoms with Gasteiger partial charge in [0.2, 0.25) is 6.79 Å². The van der Waals surface area contributed by atoms with E-state index in [2.05, 4.69) is 20.4 Å². The number of hydrogen-bond donors (Lipinski definition) is 2. The number of benzene rings is 2. The van der Waals surface area contributed by atoms with E-state index in [1.165, 1.54) is 12.1 Å². The second kappa shape index (κ2) is 10.4. The van der Waals surface area contributed by atoms with Crippen molar-refractivity contribution in [3.05, 3.63) is 52.8 Å². The number of rotatable bonds is 6. The van der Waals surface area contributed by atoms with E-state index in [0.717, 1.165) is 5.56 Å². The number of nitrogens with one attached hydrogen (secondary N) is 2. The molecule has 0 saturated heterocycles. The van der Waals surface area contributed by atoms with Crippen LogP contribution in [0.3, 0.4) is 0 Å². The van der Waals surface area contributed by atoms with Gasteiger partial charge in [0.05, 0.1) is 0 Å². The van der Waals surface area contributed by atoms with Gasteiger partial charge in [-0.05, 0) is 30.2 Å². The lowest BCUT2D eigenvalue weighted by Gasteiger charge is -2.15. The standard InChI is InChI=1S/C19H20F3N3O3.HI/c1-11-3-4-12(5-14(11)20)8-24-19(23-2)25-9-13-6-16-17(27-10-26-16)7-15(13)28-18(21)22;/h3-7,18H,8-10H2,1-2H3,(H2,23,24,25);1H. The van der Waals surface area contributed by atoms with Crippen LogP contribution in [0.4, 0.5) is 13.2 Å². The average Bonchev–Trinajstić information content (AvgIpc) is 3.11. The number of hydrogen-bond acceptors (Lipinski definition) is 4. The van der Waals surface area contributed by atoms with Crippen molar-refractivity contribution >= 4 is 29.9 Å². The quantitative estimate of drug-likeness (QED) is 0.341. The molecule has 0 radical (unpaired) electrons. The summed E-state index contributed by atoms with van der Waals surface area (Å²) in [6, 6.07) is 7.91. The van der Waals surface area contributed by atoms with E-state index in [1.54, 1.807) is 26.1 Å². The van der Waals surface area contributed by atoms with Crippen molar-refractivity contribution in [2.75, 3.05) is 13.8 Å². The van der Waals surface area contributed by atoms with Crippen LogP contribution >= 0.6 is 24.0 Å². The highest BCUT2D eigenvalue weighted by atomic mass is 127. The minimum absolute atomic E-state index is 0. The van der Waals surface area contributed by atoms with E-state index >= 15 is 0 Å². The van der Waals surface area contributed by atoms with Crippen LogP contribution in [-0.2, 0) is 13.1 Å². The summed E-state index contributed by atoms with van der Waals surface area (Å²) in [6.45, 7) is -0.749. The van der Waals surface area contributed by atoms with Gasteiger partial charge in [-0.1, -0.05) is 12.1 Å². The lowest BCUT2D eigenvalue weighted by atomic mass is 10.1. The fourth-order valence-corrected chi connectivity index (χ4v) is 2.64. The fourth-order valence-electron chi connectivity index (χ4n) is 2.64. The molecule has 0 amide bonds. The largest absolute Gasteiger partial charge is 0.454 e. The number of alkyl halides is 2. The van der Waals surface area contributed by atoms with Crippen molar-refractivity contribution in [2.24, 2.45) is 4.99 Å². The van der Waals surface area contributed by atoms with Crippen LogP contribution in [0.15, 0.2) is 35.3 Å². The van der Waals surface area contributed by atoms with Gasteiger partial charge in [-0.2, -0.15) is 8.78 Å². The van der Waals surface area contributed by atoms with Crippen molar-refractivity contribution in [1.82, 2.24) is 10.6 Å². The molecular weight excluding hydrogens is 502 g/mol. The topological polar surface area (TPSA) is 64.1 Å². The smallest absolute Gasteiger partial charge is 0.387 e. The molecule has 6 nitrogen and oxygen atoms in total. The maximum Gasteiger partial charge on any atom is 0.387 e. The van der Waals surface area contributed by atoms with Crippen molar-refractivity contribution in [2.45, 2.75) is 26.6 Å². The van der Waals surface area contributed by atoms with Gasteiger partial charge in [-0.25, -0.2) is 4.39 Å². The molecule has 0 spiro atoms.